The fourth-order valence-corrected chi connectivity index (χ4v) is 3.52. The molecule has 1 aliphatic heterocycles. The number of amides is 2. The number of benzene rings is 2. The Morgan fingerprint density at radius 3 is 2.52 bits per heavy atom. The zero-order valence-electron chi connectivity index (χ0n) is 15.6. The molecule has 1 N–H and O–H groups in total. The third-order valence-corrected chi connectivity index (χ3v) is 5.27. The first kappa shape index (κ1) is 19.4. The molecule has 0 aliphatic carbocycles. The van der Waals surface area contributed by atoms with Gasteiger partial charge in [-0.05, 0) is 61.1 Å². The van der Waals surface area contributed by atoms with Crippen molar-refractivity contribution in [2.75, 3.05) is 19.6 Å². The van der Waals surface area contributed by atoms with E-state index in [1.807, 2.05) is 29.2 Å². The summed E-state index contributed by atoms with van der Waals surface area (Å²) >= 11 is 5.98. The highest BCUT2D eigenvalue weighted by Gasteiger charge is 2.22. The second-order valence-electron chi connectivity index (χ2n) is 7.19. The first-order valence-electron chi connectivity index (χ1n) is 9.45. The van der Waals surface area contributed by atoms with Gasteiger partial charge in [-0.2, -0.15) is 0 Å². The van der Waals surface area contributed by atoms with Crippen LogP contribution in [0.2, 0.25) is 5.02 Å². The molecule has 2 aromatic rings. The van der Waals surface area contributed by atoms with Crippen molar-refractivity contribution in [2.24, 2.45) is 5.92 Å². The average molecular weight is 385 g/mol. The van der Waals surface area contributed by atoms with E-state index in [9.17, 15) is 9.59 Å². The Balaban J connectivity index is 1.57. The van der Waals surface area contributed by atoms with Crippen molar-refractivity contribution in [1.82, 2.24) is 10.2 Å². The van der Waals surface area contributed by atoms with E-state index in [4.69, 9.17) is 11.6 Å². The van der Waals surface area contributed by atoms with Crippen LogP contribution in [-0.2, 0) is 6.42 Å². The molecule has 0 atom stereocenters. The molecule has 1 heterocycles. The van der Waals surface area contributed by atoms with E-state index in [-0.39, 0.29) is 11.8 Å². The van der Waals surface area contributed by atoms with Crippen LogP contribution in [0.1, 0.15) is 46.0 Å². The summed E-state index contributed by atoms with van der Waals surface area (Å²) in [6, 6.07) is 14.6. The Morgan fingerprint density at radius 2 is 1.78 bits per heavy atom. The molecule has 1 fully saturated rings. The fourth-order valence-electron chi connectivity index (χ4n) is 3.30. The highest BCUT2D eigenvalue weighted by Crippen LogP contribution is 2.18. The van der Waals surface area contributed by atoms with Gasteiger partial charge in [0.2, 0.25) is 0 Å². The normalized spacial score (nSPS) is 14.8. The minimum Gasteiger partial charge on any atom is -0.352 e. The highest BCUT2D eigenvalue weighted by atomic mass is 35.5. The van der Waals surface area contributed by atoms with Crippen molar-refractivity contribution < 1.29 is 9.59 Å². The van der Waals surface area contributed by atoms with Gasteiger partial charge in [0, 0.05) is 35.8 Å². The summed E-state index contributed by atoms with van der Waals surface area (Å²) in [5.41, 5.74) is 2.16. The molecule has 3 rings (SSSR count). The van der Waals surface area contributed by atoms with Gasteiger partial charge in [-0.25, -0.2) is 0 Å². The lowest BCUT2D eigenvalue weighted by atomic mass is 9.98. The Morgan fingerprint density at radius 1 is 1.07 bits per heavy atom. The highest BCUT2D eigenvalue weighted by molar-refractivity contribution is 6.30. The van der Waals surface area contributed by atoms with Gasteiger partial charge in [-0.1, -0.05) is 36.7 Å². The summed E-state index contributed by atoms with van der Waals surface area (Å²) in [6.45, 7) is 4.31. The van der Waals surface area contributed by atoms with Gasteiger partial charge in [0.05, 0.1) is 0 Å². The summed E-state index contributed by atoms with van der Waals surface area (Å²) in [5.74, 6) is 0.514. The van der Waals surface area contributed by atoms with Crippen molar-refractivity contribution in [2.45, 2.75) is 26.2 Å². The standard InChI is InChI=1S/C22H25ClN2O2/c1-16-9-12-25(13-10-16)22(27)19-6-3-5-18(15-19)21(26)24-11-8-17-4-2-7-20(23)14-17/h2-7,14-16H,8-13H2,1H3,(H,24,26). The molecular formula is C22H25ClN2O2. The maximum absolute atomic E-state index is 12.7. The molecule has 0 aromatic heterocycles. The van der Waals surface area contributed by atoms with Crippen molar-refractivity contribution in [3.8, 4) is 0 Å². The van der Waals surface area contributed by atoms with Crippen LogP contribution in [0.5, 0.6) is 0 Å². The number of rotatable bonds is 5. The van der Waals surface area contributed by atoms with Crippen LogP contribution in [-0.4, -0.2) is 36.3 Å². The van der Waals surface area contributed by atoms with E-state index < -0.39 is 0 Å². The lowest BCUT2D eigenvalue weighted by Gasteiger charge is -2.30. The van der Waals surface area contributed by atoms with Crippen LogP contribution in [0.25, 0.3) is 0 Å². The smallest absolute Gasteiger partial charge is 0.253 e. The first-order chi connectivity index (χ1) is 13.0. The quantitative estimate of drug-likeness (QED) is 0.840. The van der Waals surface area contributed by atoms with Crippen LogP contribution < -0.4 is 5.32 Å². The zero-order chi connectivity index (χ0) is 19.2. The SMILES string of the molecule is CC1CCN(C(=O)c2cccc(C(=O)NCCc3cccc(Cl)c3)c2)CC1. The van der Waals surface area contributed by atoms with Crippen LogP contribution >= 0.6 is 11.6 Å². The fraction of sp³-hybridized carbons (Fsp3) is 0.364. The van der Waals surface area contributed by atoms with E-state index in [1.54, 1.807) is 24.3 Å². The Kier molecular flexibility index (Phi) is 6.51. The number of halogens is 1. The molecule has 0 bridgehead atoms. The summed E-state index contributed by atoms with van der Waals surface area (Å²) in [4.78, 5) is 27.0. The number of carbonyl (C=O) groups is 2. The Bertz CT molecular complexity index is 813. The van der Waals surface area contributed by atoms with Gasteiger partial charge >= 0.3 is 0 Å². The van der Waals surface area contributed by atoms with Crippen LogP contribution in [0.15, 0.2) is 48.5 Å². The molecule has 142 valence electrons. The van der Waals surface area contributed by atoms with Crippen molar-refractivity contribution >= 4 is 23.4 Å². The van der Waals surface area contributed by atoms with Gasteiger partial charge in [0.25, 0.3) is 11.8 Å². The number of nitrogens with zero attached hydrogens (tertiary/aromatic N) is 1. The maximum Gasteiger partial charge on any atom is 0.253 e. The molecule has 27 heavy (non-hydrogen) atoms. The number of likely N-dealkylation sites (tertiary alicyclic amines) is 1. The number of nitrogens with one attached hydrogen (secondary N) is 1. The zero-order valence-corrected chi connectivity index (χ0v) is 16.3. The molecule has 4 nitrogen and oxygen atoms in total. The minimum atomic E-state index is -0.168. The van der Waals surface area contributed by atoms with E-state index in [0.717, 1.165) is 31.5 Å². The molecule has 1 aliphatic rings. The number of piperidine rings is 1. The molecule has 1 saturated heterocycles. The summed E-state index contributed by atoms with van der Waals surface area (Å²) in [5, 5.41) is 3.60. The van der Waals surface area contributed by atoms with E-state index in [1.165, 1.54) is 0 Å². The van der Waals surface area contributed by atoms with E-state index in [0.29, 0.717) is 35.0 Å². The largest absolute Gasteiger partial charge is 0.352 e. The van der Waals surface area contributed by atoms with E-state index >= 15 is 0 Å². The first-order valence-corrected chi connectivity index (χ1v) is 9.82. The van der Waals surface area contributed by atoms with Gasteiger partial charge in [-0.15, -0.1) is 0 Å². The summed E-state index contributed by atoms with van der Waals surface area (Å²) < 4.78 is 0. The molecule has 0 saturated carbocycles. The molecule has 5 heteroatoms. The maximum atomic E-state index is 12.7. The van der Waals surface area contributed by atoms with E-state index in [2.05, 4.69) is 12.2 Å². The molecule has 0 unspecified atom stereocenters. The third kappa shape index (κ3) is 5.33. The topological polar surface area (TPSA) is 49.4 Å². The van der Waals surface area contributed by atoms with Gasteiger partial charge in [0.1, 0.15) is 0 Å². The third-order valence-electron chi connectivity index (χ3n) is 5.03. The van der Waals surface area contributed by atoms with Crippen LogP contribution in [0.4, 0.5) is 0 Å². The molecule has 0 radical (unpaired) electrons. The lowest BCUT2D eigenvalue weighted by molar-refractivity contribution is 0.0697. The summed E-state index contributed by atoms with van der Waals surface area (Å²) in [6.07, 6.45) is 2.78. The average Bonchev–Trinajstić information content (AvgIpc) is 2.68. The van der Waals surface area contributed by atoms with Crippen LogP contribution in [0.3, 0.4) is 0 Å². The second-order valence-corrected chi connectivity index (χ2v) is 7.63. The molecule has 2 aromatic carbocycles. The molecule has 0 spiro atoms. The van der Waals surface area contributed by atoms with Crippen molar-refractivity contribution in [3.63, 3.8) is 0 Å². The molecular weight excluding hydrogens is 360 g/mol. The van der Waals surface area contributed by atoms with Gasteiger partial charge < -0.3 is 10.2 Å². The van der Waals surface area contributed by atoms with Crippen molar-refractivity contribution in [1.29, 1.82) is 0 Å². The predicted molar refractivity (Wildman–Crippen MR) is 108 cm³/mol. The number of hydrogen-bond donors (Lipinski definition) is 1. The number of hydrogen-bond acceptors (Lipinski definition) is 2. The van der Waals surface area contributed by atoms with Gasteiger partial charge in [-0.3, -0.25) is 9.59 Å². The Hall–Kier alpha value is -2.33. The second kappa shape index (κ2) is 9.05. The lowest BCUT2D eigenvalue weighted by Crippen LogP contribution is -2.38. The number of carbonyl (C=O) groups excluding carboxylic acids is 2. The molecule has 2 amide bonds. The van der Waals surface area contributed by atoms with Crippen molar-refractivity contribution in [3.05, 3.63) is 70.2 Å². The van der Waals surface area contributed by atoms with Crippen LogP contribution in [0, 0.1) is 5.92 Å². The monoisotopic (exact) mass is 384 g/mol. The van der Waals surface area contributed by atoms with Gasteiger partial charge in [0.15, 0.2) is 0 Å². The summed E-state index contributed by atoms with van der Waals surface area (Å²) in [7, 11) is 0. The predicted octanol–water partition coefficient (Wildman–Crippen LogP) is 4.18. The minimum absolute atomic E-state index is 0.00970. The Labute approximate surface area is 165 Å².